The van der Waals surface area contributed by atoms with Crippen LogP contribution in [0.4, 0.5) is 4.39 Å². The summed E-state index contributed by atoms with van der Waals surface area (Å²) in [5.41, 5.74) is 0. The molecule has 2 rings (SSSR count). The number of benzene rings is 1. The molecule has 116 valence electrons. The Kier molecular flexibility index (Phi) is 5.99. The third-order valence-corrected chi connectivity index (χ3v) is 4.09. The summed E-state index contributed by atoms with van der Waals surface area (Å²) in [6.45, 7) is 2.74. The maximum Gasteiger partial charge on any atom is 0.226 e. The minimum absolute atomic E-state index is 0.0751. The number of hydrogen-bond donors (Lipinski definition) is 1. The van der Waals surface area contributed by atoms with Gasteiger partial charge in [-0.3, -0.25) is 4.79 Å². The van der Waals surface area contributed by atoms with E-state index in [1.165, 1.54) is 6.07 Å². The second-order valence-electron chi connectivity index (χ2n) is 5.23. The van der Waals surface area contributed by atoms with Gasteiger partial charge in [0.1, 0.15) is 0 Å². The van der Waals surface area contributed by atoms with Crippen LogP contribution in [0.1, 0.15) is 12.8 Å². The average molecular weight is 359 g/mol. The number of carbonyl (C=O) groups excluding carboxylic acids is 1. The Morgan fingerprint density at radius 1 is 1.57 bits per heavy atom. The lowest BCUT2D eigenvalue weighted by Gasteiger charge is -2.17. The summed E-state index contributed by atoms with van der Waals surface area (Å²) in [6.07, 6.45) is 1.32. The number of ether oxygens (including phenoxy) is 1. The first kappa shape index (κ1) is 16.2. The quantitative estimate of drug-likeness (QED) is 0.848. The van der Waals surface area contributed by atoms with Crippen molar-refractivity contribution in [3.8, 4) is 5.75 Å². The molecule has 1 fully saturated rings. The number of likely N-dealkylation sites (tertiary alicyclic amines) is 1. The number of halogens is 2. The van der Waals surface area contributed by atoms with Crippen LogP contribution in [0.15, 0.2) is 22.7 Å². The van der Waals surface area contributed by atoms with Gasteiger partial charge in [0.05, 0.1) is 13.0 Å². The third kappa shape index (κ3) is 4.68. The van der Waals surface area contributed by atoms with Crippen molar-refractivity contribution < 1.29 is 13.9 Å². The fourth-order valence-electron chi connectivity index (χ4n) is 2.51. The Morgan fingerprint density at radius 2 is 2.38 bits per heavy atom. The first-order valence-corrected chi connectivity index (χ1v) is 7.89. The van der Waals surface area contributed by atoms with Gasteiger partial charge in [0.15, 0.2) is 11.6 Å². The van der Waals surface area contributed by atoms with Gasteiger partial charge in [-0.1, -0.05) is 15.9 Å². The molecule has 0 aliphatic carbocycles. The first-order chi connectivity index (χ1) is 10.1. The largest absolute Gasteiger partial charge is 0.490 e. The molecule has 6 heteroatoms. The molecule has 0 radical (unpaired) electrons. The highest BCUT2D eigenvalue weighted by atomic mass is 79.9. The van der Waals surface area contributed by atoms with E-state index in [1.807, 2.05) is 11.9 Å². The smallest absolute Gasteiger partial charge is 0.226 e. The monoisotopic (exact) mass is 358 g/mol. The van der Waals surface area contributed by atoms with Crippen molar-refractivity contribution >= 4 is 21.8 Å². The van der Waals surface area contributed by atoms with E-state index in [1.54, 1.807) is 12.1 Å². The molecule has 0 aromatic heterocycles. The molecule has 1 N–H and O–H groups in total. The summed E-state index contributed by atoms with van der Waals surface area (Å²) in [7, 11) is 1.92. The van der Waals surface area contributed by atoms with Crippen molar-refractivity contribution in [1.82, 2.24) is 10.2 Å². The molecule has 0 bridgehead atoms. The standard InChI is InChI=1S/C15H20BrFN2O2/c1-18-9-11-4-6-19(10-11)15(20)5-7-21-14-3-2-12(16)8-13(14)17/h2-3,8,11,18H,4-7,9-10H2,1H3/t11-/m0/s1. The zero-order valence-corrected chi connectivity index (χ0v) is 13.7. The predicted molar refractivity (Wildman–Crippen MR) is 82.8 cm³/mol. The average Bonchev–Trinajstić information content (AvgIpc) is 2.90. The fraction of sp³-hybridized carbons (Fsp3) is 0.533. The second-order valence-corrected chi connectivity index (χ2v) is 6.14. The lowest BCUT2D eigenvalue weighted by molar-refractivity contribution is -0.130. The molecule has 1 saturated heterocycles. The molecular weight excluding hydrogens is 339 g/mol. The highest BCUT2D eigenvalue weighted by Gasteiger charge is 2.25. The van der Waals surface area contributed by atoms with Crippen molar-refractivity contribution in [2.75, 3.05) is 33.3 Å². The summed E-state index contributed by atoms with van der Waals surface area (Å²) >= 11 is 3.19. The number of nitrogens with zero attached hydrogens (tertiary/aromatic N) is 1. The molecular formula is C15H20BrFN2O2. The van der Waals surface area contributed by atoms with E-state index in [9.17, 15) is 9.18 Å². The molecule has 4 nitrogen and oxygen atoms in total. The van der Waals surface area contributed by atoms with Gasteiger partial charge >= 0.3 is 0 Å². The minimum atomic E-state index is -0.424. The van der Waals surface area contributed by atoms with E-state index in [0.29, 0.717) is 10.4 Å². The van der Waals surface area contributed by atoms with Crippen LogP contribution >= 0.6 is 15.9 Å². The van der Waals surface area contributed by atoms with Crippen molar-refractivity contribution in [3.05, 3.63) is 28.5 Å². The van der Waals surface area contributed by atoms with Crippen LogP contribution in [0, 0.1) is 11.7 Å². The van der Waals surface area contributed by atoms with Gasteiger partial charge in [-0.2, -0.15) is 0 Å². The molecule has 1 aliphatic heterocycles. The van der Waals surface area contributed by atoms with Gasteiger partial charge in [-0.05, 0) is 44.1 Å². The molecule has 1 aromatic rings. The summed E-state index contributed by atoms with van der Waals surface area (Å²) in [5.74, 6) is 0.363. The lowest BCUT2D eigenvalue weighted by atomic mass is 10.1. The highest BCUT2D eigenvalue weighted by Crippen LogP contribution is 2.22. The Hall–Kier alpha value is -1.14. The molecule has 1 heterocycles. The number of carbonyl (C=O) groups is 1. The number of nitrogens with one attached hydrogen (secondary N) is 1. The van der Waals surface area contributed by atoms with Gasteiger partial charge in [0, 0.05) is 17.6 Å². The van der Waals surface area contributed by atoms with Crippen LogP contribution in [-0.2, 0) is 4.79 Å². The van der Waals surface area contributed by atoms with Crippen molar-refractivity contribution in [1.29, 1.82) is 0 Å². The molecule has 0 saturated carbocycles. The van der Waals surface area contributed by atoms with Gasteiger partial charge in [0.25, 0.3) is 0 Å². The number of hydrogen-bond acceptors (Lipinski definition) is 3. The molecule has 1 aromatic carbocycles. The van der Waals surface area contributed by atoms with Crippen LogP contribution in [0.25, 0.3) is 0 Å². The second kappa shape index (κ2) is 7.75. The van der Waals surface area contributed by atoms with Crippen LogP contribution < -0.4 is 10.1 Å². The van der Waals surface area contributed by atoms with Crippen molar-refractivity contribution in [3.63, 3.8) is 0 Å². The van der Waals surface area contributed by atoms with Gasteiger partial charge in [-0.15, -0.1) is 0 Å². The zero-order chi connectivity index (χ0) is 15.2. The summed E-state index contributed by atoms with van der Waals surface area (Å²) in [6, 6.07) is 4.62. The number of rotatable bonds is 6. The van der Waals surface area contributed by atoms with E-state index in [4.69, 9.17) is 4.74 Å². The third-order valence-electron chi connectivity index (χ3n) is 3.60. The van der Waals surface area contributed by atoms with Gasteiger partial charge < -0.3 is 15.0 Å². The molecule has 0 unspecified atom stereocenters. The maximum absolute atomic E-state index is 13.6. The zero-order valence-electron chi connectivity index (χ0n) is 12.1. The molecule has 1 atom stereocenters. The molecule has 0 spiro atoms. The SMILES string of the molecule is CNC[C@@H]1CCN(C(=O)CCOc2ccc(Br)cc2F)C1. The van der Waals surface area contributed by atoms with Crippen LogP contribution in [0.3, 0.4) is 0 Å². The topological polar surface area (TPSA) is 41.6 Å². The Bertz CT molecular complexity index is 499. The van der Waals surface area contributed by atoms with Gasteiger partial charge in [0.2, 0.25) is 5.91 Å². The van der Waals surface area contributed by atoms with E-state index >= 15 is 0 Å². The Morgan fingerprint density at radius 3 is 3.10 bits per heavy atom. The minimum Gasteiger partial charge on any atom is -0.490 e. The highest BCUT2D eigenvalue weighted by molar-refractivity contribution is 9.10. The Labute approximate surface area is 132 Å². The maximum atomic E-state index is 13.6. The van der Waals surface area contributed by atoms with E-state index in [2.05, 4.69) is 21.2 Å². The van der Waals surface area contributed by atoms with Crippen LogP contribution in [0.5, 0.6) is 5.75 Å². The van der Waals surface area contributed by atoms with Crippen LogP contribution in [-0.4, -0.2) is 44.1 Å². The summed E-state index contributed by atoms with van der Waals surface area (Å²) in [5, 5.41) is 3.14. The molecule has 1 aliphatic rings. The van der Waals surface area contributed by atoms with Crippen LogP contribution in [0.2, 0.25) is 0 Å². The fourth-order valence-corrected chi connectivity index (χ4v) is 2.85. The van der Waals surface area contributed by atoms with E-state index in [0.717, 1.165) is 26.1 Å². The Balaban J connectivity index is 1.74. The number of amides is 1. The van der Waals surface area contributed by atoms with Crippen molar-refractivity contribution in [2.45, 2.75) is 12.8 Å². The lowest BCUT2D eigenvalue weighted by Crippen LogP contribution is -2.31. The summed E-state index contributed by atoms with van der Waals surface area (Å²) < 4.78 is 19.6. The molecule has 21 heavy (non-hydrogen) atoms. The predicted octanol–water partition coefficient (Wildman–Crippen LogP) is 2.43. The van der Waals surface area contributed by atoms with Gasteiger partial charge in [-0.25, -0.2) is 4.39 Å². The summed E-state index contributed by atoms with van der Waals surface area (Å²) in [4.78, 5) is 13.9. The normalized spacial score (nSPS) is 18.0. The molecule has 1 amide bonds. The van der Waals surface area contributed by atoms with E-state index < -0.39 is 5.82 Å². The van der Waals surface area contributed by atoms with Crippen molar-refractivity contribution in [2.24, 2.45) is 5.92 Å². The first-order valence-electron chi connectivity index (χ1n) is 7.10. The van der Waals surface area contributed by atoms with E-state index in [-0.39, 0.29) is 24.7 Å².